The molecule has 8 rings (SSSR count). The fourth-order valence-electron chi connectivity index (χ4n) is 8.69. The maximum atomic E-state index is 14.9. The molecule has 11 nitrogen and oxygen atoms in total. The molecule has 4 aromatic rings. The molecule has 2 N–H and O–H groups in total. The number of benzene rings is 2. The van der Waals surface area contributed by atoms with Crippen LogP contribution in [0.4, 0.5) is 5.82 Å². The number of ether oxygens (including phenoxy) is 1. The molecule has 246 valence electrons. The summed E-state index contributed by atoms with van der Waals surface area (Å²) in [6.07, 6.45) is 2.24. The van der Waals surface area contributed by atoms with Crippen molar-refractivity contribution in [3.63, 3.8) is 0 Å². The Kier molecular flexibility index (Phi) is 6.73. The van der Waals surface area contributed by atoms with Gasteiger partial charge in [0, 0.05) is 28.8 Å². The molecule has 13 heteroatoms. The average Bonchev–Trinajstić information content (AvgIpc) is 3.72. The van der Waals surface area contributed by atoms with E-state index in [4.69, 9.17) is 21.4 Å². The summed E-state index contributed by atoms with van der Waals surface area (Å²) in [7, 11) is 3.12. The smallest absolute Gasteiger partial charge is 0.257 e. The molecule has 3 fully saturated rings. The number of aromatic hydroxyl groups is 1. The van der Waals surface area contributed by atoms with Gasteiger partial charge < -0.3 is 9.84 Å². The Morgan fingerprint density at radius 3 is 2.56 bits per heavy atom. The molecular weight excluding hydrogens is 656 g/mol. The molecule has 4 amide bonds. The Bertz CT molecular complexity index is 2150. The minimum absolute atomic E-state index is 0.0860. The first-order valence-electron chi connectivity index (χ1n) is 15.6. The van der Waals surface area contributed by atoms with Gasteiger partial charge in [0.15, 0.2) is 11.5 Å². The number of phenolic OH excluding ortho intramolecular Hbond substituents is 1. The van der Waals surface area contributed by atoms with Gasteiger partial charge in [0.25, 0.3) is 11.8 Å². The van der Waals surface area contributed by atoms with Gasteiger partial charge in [0.05, 0.1) is 35.2 Å². The van der Waals surface area contributed by atoms with Crippen molar-refractivity contribution in [2.75, 3.05) is 12.0 Å². The van der Waals surface area contributed by atoms with E-state index in [-0.39, 0.29) is 29.4 Å². The number of fused-ring (bicyclic) bond motifs is 5. The zero-order chi connectivity index (χ0) is 34.0. The molecule has 2 aromatic heterocycles. The van der Waals surface area contributed by atoms with Crippen molar-refractivity contribution >= 4 is 62.5 Å². The van der Waals surface area contributed by atoms with E-state index < -0.39 is 58.6 Å². The molecule has 2 aliphatic carbocycles. The van der Waals surface area contributed by atoms with Crippen molar-refractivity contribution in [2.45, 2.75) is 32.6 Å². The number of phenols is 1. The van der Waals surface area contributed by atoms with Crippen LogP contribution in [0.5, 0.6) is 11.5 Å². The Hall–Kier alpha value is -4.52. The quantitative estimate of drug-likeness (QED) is 0.161. The predicted octanol–water partition coefficient (Wildman–Crippen LogP) is 5.60. The summed E-state index contributed by atoms with van der Waals surface area (Å²) in [5.74, 6) is -5.52. The number of rotatable bonds is 4. The van der Waals surface area contributed by atoms with E-state index in [0.717, 1.165) is 26.1 Å². The van der Waals surface area contributed by atoms with Crippen LogP contribution in [0.2, 0.25) is 5.02 Å². The van der Waals surface area contributed by atoms with Crippen molar-refractivity contribution in [2.24, 2.45) is 36.1 Å². The number of methoxy groups -OCH3 is 1. The van der Waals surface area contributed by atoms with Crippen LogP contribution < -0.4 is 9.64 Å². The Morgan fingerprint density at radius 2 is 1.81 bits per heavy atom. The summed E-state index contributed by atoms with van der Waals surface area (Å²) < 4.78 is 7.99. The fourth-order valence-corrected chi connectivity index (χ4v) is 10.0. The van der Waals surface area contributed by atoms with Crippen molar-refractivity contribution in [3.05, 3.63) is 70.3 Å². The molecule has 2 aromatic carbocycles. The van der Waals surface area contributed by atoms with E-state index >= 15 is 0 Å². The number of carbonyl (C=O) groups is 4. The monoisotopic (exact) mass is 686 g/mol. The molecule has 48 heavy (non-hydrogen) atoms. The van der Waals surface area contributed by atoms with Gasteiger partial charge in [-0.3, -0.25) is 29.1 Å². The highest BCUT2D eigenvalue weighted by Gasteiger charge is 2.68. The summed E-state index contributed by atoms with van der Waals surface area (Å²) in [6, 6.07) is 12.3. The summed E-state index contributed by atoms with van der Waals surface area (Å²) in [5.41, 5.74) is 1.68. The van der Waals surface area contributed by atoms with Gasteiger partial charge in [-0.2, -0.15) is 10.2 Å². The number of imide groups is 2. The summed E-state index contributed by atoms with van der Waals surface area (Å²) in [6.45, 7) is 3.77. The van der Waals surface area contributed by atoms with Crippen LogP contribution in [0.3, 0.4) is 0 Å². The highest BCUT2D eigenvalue weighted by Crippen LogP contribution is 2.64. The molecule has 4 aliphatic rings. The van der Waals surface area contributed by atoms with E-state index in [1.165, 1.54) is 22.8 Å². The third kappa shape index (κ3) is 3.99. The van der Waals surface area contributed by atoms with Crippen molar-refractivity contribution < 1.29 is 34.2 Å². The number of hydroxylamine groups is 2. The normalized spacial score (nSPS) is 28.2. The number of hydrogen-bond donors (Lipinski definition) is 2. The first-order chi connectivity index (χ1) is 22.9. The van der Waals surface area contributed by atoms with Gasteiger partial charge in [-0.05, 0) is 79.5 Å². The Morgan fingerprint density at radius 1 is 1.04 bits per heavy atom. The topological polar surface area (TPSA) is 142 Å². The summed E-state index contributed by atoms with van der Waals surface area (Å²) in [4.78, 5) is 57.7. The van der Waals surface area contributed by atoms with Crippen LogP contribution >= 0.6 is 22.9 Å². The second-order valence-electron chi connectivity index (χ2n) is 13.3. The predicted molar refractivity (Wildman–Crippen MR) is 177 cm³/mol. The van der Waals surface area contributed by atoms with Crippen molar-refractivity contribution in [1.29, 1.82) is 0 Å². The Balaban J connectivity index is 1.26. The highest BCUT2D eigenvalue weighted by atomic mass is 35.5. The molecule has 0 radical (unpaired) electrons. The molecule has 2 aliphatic heterocycles. The zero-order valence-electron chi connectivity index (χ0n) is 26.4. The SMILES string of the molecule is COc1cc(C2C3=CCC4C(=O)N(O)C(=O)C4C3CC3C(=O)N(c4cc(-c5sc6ccc(Cl)cc6c5C)nn4C)C(=O)C32C)ccc1O. The average molecular weight is 687 g/mol. The van der Waals surface area contributed by atoms with Crippen LogP contribution in [0.25, 0.3) is 20.7 Å². The molecule has 4 heterocycles. The van der Waals surface area contributed by atoms with Crippen molar-refractivity contribution in [3.8, 4) is 22.1 Å². The molecule has 0 bridgehead atoms. The van der Waals surface area contributed by atoms with Crippen molar-refractivity contribution in [1.82, 2.24) is 14.8 Å². The van der Waals surface area contributed by atoms with E-state index in [9.17, 15) is 29.5 Å². The van der Waals surface area contributed by atoms with Gasteiger partial charge in [-0.25, -0.2) is 4.90 Å². The number of nitrogens with zero attached hydrogens (tertiary/aromatic N) is 4. The maximum Gasteiger partial charge on any atom is 0.257 e. The zero-order valence-corrected chi connectivity index (χ0v) is 28.0. The second-order valence-corrected chi connectivity index (χ2v) is 14.8. The second kappa shape index (κ2) is 10.5. The standard InChI is InChI=1S/C35H31ClN4O7S/c1-15-20-12-17(36)6-10-26(20)48-30(15)23-14-27(38(3)37-23)39-32(43)22-13-21-18(7-8-19-28(21)33(44)40(46)31(19)42)29(35(22,2)34(39)45)16-5-9-24(41)25(11-16)47-4/h5-7,9-12,14,19,21-22,28-29,41,46H,8,13H2,1-4H3. The maximum absolute atomic E-state index is 14.9. The molecule has 0 spiro atoms. The molecule has 6 unspecified atom stereocenters. The van der Waals surface area contributed by atoms with Crippen LogP contribution in [0.15, 0.2) is 54.1 Å². The minimum atomic E-state index is -1.30. The highest BCUT2D eigenvalue weighted by molar-refractivity contribution is 7.22. The number of aromatic nitrogens is 2. The van der Waals surface area contributed by atoms with Crippen LogP contribution in [0.1, 0.15) is 36.8 Å². The minimum Gasteiger partial charge on any atom is -0.504 e. The first kappa shape index (κ1) is 30.8. The number of amides is 4. The lowest BCUT2D eigenvalue weighted by Gasteiger charge is -2.49. The molecule has 2 saturated heterocycles. The number of anilines is 1. The first-order valence-corrected chi connectivity index (χ1v) is 16.8. The van der Waals surface area contributed by atoms with E-state index in [0.29, 0.717) is 22.1 Å². The van der Waals surface area contributed by atoms with E-state index in [1.54, 1.807) is 43.5 Å². The molecule has 1 saturated carbocycles. The van der Waals surface area contributed by atoms with E-state index in [1.807, 2.05) is 31.2 Å². The fraction of sp³-hybridized carbons (Fsp3) is 0.343. The van der Waals surface area contributed by atoms with Gasteiger partial charge in [0.2, 0.25) is 11.8 Å². The number of allylic oxidation sites excluding steroid dienone is 2. The Labute approximate surface area is 283 Å². The summed E-state index contributed by atoms with van der Waals surface area (Å²) >= 11 is 7.82. The molecule has 6 atom stereocenters. The van der Waals surface area contributed by atoms with E-state index in [2.05, 4.69) is 0 Å². The van der Waals surface area contributed by atoms with Crippen LogP contribution in [-0.2, 0) is 26.2 Å². The van der Waals surface area contributed by atoms with Crippen LogP contribution in [-0.4, -0.2) is 55.9 Å². The van der Waals surface area contributed by atoms with Gasteiger partial charge in [0.1, 0.15) is 11.5 Å². The van der Waals surface area contributed by atoms with Gasteiger partial charge >= 0.3 is 0 Å². The number of thiophene rings is 1. The summed E-state index contributed by atoms with van der Waals surface area (Å²) in [5, 5.41) is 27.3. The third-order valence-corrected chi connectivity index (χ3v) is 12.5. The third-order valence-electron chi connectivity index (χ3n) is 11.0. The number of halogens is 1. The molecular formula is C35H31ClN4O7S. The van der Waals surface area contributed by atoms with Crippen LogP contribution in [0, 0.1) is 36.0 Å². The number of carbonyl (C=O) groups excluding carboxylic acids is 4. The largest absolute Gasteiger partial charge is 0.504 e. The lowest BCUT2D eigenvalue weighted by atomic mass is 9.51. The lowest BCUT2D eigenvalue weighted by molar-refractivity contribution is -0.173. The lowest BCUT2D eigenvalue weighted by Crippen LogP contribution is -2.48. The van der Waals surface area contributed by atoms with Gasteiger partial charge in [-0.1, -0.05) is 29.3 Å². The van der Waals surface area contributed by atoms with Gasteiger partial charge in [-0.15, -0.1) is 11.3 Å². The number of aryl methyl sites for hydroxylation is 2. The number of hydrogen-bond acceptors (Lipinski definition) is 9.